The highest BCUT2D eigenvalue weighted by Crippen LogP contribution is 2.23. The maximum Gasteiger partial charge on any atom is 0.329 e. The van der Waals surface area contributed by atoms with Crippen molar-refractivity contribution in [3.8, 4) is 0 Å². The number of anilines is 1. The number of hydrogen-bond acceptors (Lipinski definition) is 4. The van der Waals surface area contributed by atoms with Crippen LogP contribution in [0.25, 0.3) is 11.0 Å². The van der Waals surface area contributed by atoms with E-state index in [1.165, 1.54) is 0 Å². The average Bonchev–Trinajstić information content (AvgIpc) is 3.27. The fourth-order valence-corrected chi connectivity index (χ4v) is 3.58. The number of urea groups is 1. The van der Waals surface area contributed by atoms with Crippen molar-refractivity contribution in [1.82, 2.24) is 20.6 Å². The number of fused-ring (bicyclic) bond motifs is 1. The number of aromatic amines is 1. The fraction of sp³-hybridized carbons (Fsp3) is 0.273. The van der Waals surface area contributed by atoms with E-state index < -0.39 is 18.0 Å². The predicted octanol–water partition coefficient (Wildman–Crippen LogP) is 2.89. The van der Waals surface area contributed by atoms with Crippen LogP contribution in [0.2, 0.25) is 0 Å². The van der Waals surface area contributed by atoms with Crippen molar-refractivity contribution in [2.24, 2.45) is 5.92 Å². The van der Waals surface area contributed by atoms with Gasteiger partial charge in [-0.05, 0) is 30.2 Å². The Hall–Kier alpha value is -3.68. The van der Waals surface area contributed by atoms with E-state index in [0.717, 1.165) is 15.9 Å². The first-order chi connectivity index (χ1) is 14.4. The SMILES string of the molecule is CC(C)[C@H](NC(=O)C[C@@H]1NC(=O)N(c2ccccc2)C1=O)c1nc2ccccc2[nH]1. The lowest BCUT2D eigenvalue weighted by Gasteiger charge is -2.21. The summed E-state index contributed by atoms with van der Waals surface area (Å²) in [6.07, 6.45) is -0.142. The zero-order chi connectivity index (χ0) is 21.3. The van der Waals surface area contributed by atoms with Gasteiger partial charge in [-0.15, -0.1) is 0 Å². The van der Waals surface area contributed by atoms with E-state index in [2.05, 4.69) is 20.6 Å². The van der Waals surface area contributed by atoms with E-state index in [-0.39, 0.29) is 24.3 Å². The van der Waals surface area contributed by atoms with E-state index in [0.29, 0.717) is 11.5 Å². The first-order valence-electron chi connectivity index (χ1n) is 9.87. The highest BCUT2D eigenvalue weighted by Gasteiger charge is 2.40. The van der Waals surface area contributed by atoms with Crippen LogP contribution in [0.3, 0.4) is 0 Å². The quantitative estimate of drug-likeness (QED) is 0.548. The molecule has 8 heteroatoms. The Labute approximate surface area is 173 Å². The van der Waals surface area contributed by atoms with E-state index in [9.17, 15) is 14.4 Å². The van der Waals surface area contributed by atoms with Gasteiger partial charge in [0, 0.05) is 0 Å². The number of imide groups is 1. The minimum atomic E-state index is -0.902. The summed E-state index contributed by atoms with van der Waals surface area (Å²) in [6, 6.07) is 14.5. The van der Waals surface area contributed by atoms with Crippen LogP contribution in [-0.2, 0) is 9.59 Å². The lowest BCUT2D eigenvalue weighted by molar-refractivity contribution is -0.126. The van der Waals surface area contributed by atoms with Crippen LogP contribution < -0.4 is 15.5 Å². The van der Waals surface area contributed by atoms with Crippen molar-refractivity contribution in [3.63, 3.8) is 0 Å². The summed E-state index contributed by atoms with van der Waals surface area (Å²) in [5, 5.41) is 5.56. The summed E-state index contributed by atoms with van der Waals surface area (Å²) in [5.74, 6) is -0.0367. The van der Waals surface area contributed by atoms with E-state index >= 15 is 0 Å². The Morgan fingerprint density at radius 1 is 1.10 bits per heavy atom. The zero-order valence-electron chi connectivity index (χ0n) is 16.8. The largest absolute Gasteiger partial charge is 0.346 e. The molecule has 3 aromatic rings. The number of hydrogen-bond donors (Lipinski definition) is 3. The van der Waals surface area contributed by atoms with Gasteiger partial charge < -0.3 is 15.6 Å². The van der Waals surface area contributed by atoms with Crippen molar-refractivity contribution >= 4 is 34.6 Å². The highest BCUT2D eigenvalue weighted by atomic mass is 16.2. The number of carbonyl (C=O) groups excluding carboxylic acids is 3. The van der Waals surface area contributed by atoms with Crippen LogP contribution in [0.1, 0.15) is 32.1 Å². The van der Waals surface area contributed by atoms with Crippen LogP contribution in [0.15, 0.2) is 54.6 Å². The molecular formula is C22H23N5O3. The van der Waals surface area contributed by atoms with Crippen molar-refractivity contribution < 1.29 is 14.4 Å². The maximum absolute atomic E-state index is 12.7. The molecule has 4 amide bonds. The van der Waals surface area contributed by atoms with Crippen molar-refractivity contribution in [2.45, 2.75) is 32.4 Å². The van der Waals surface area contributed by atoms with Crippen molar-refractivity contribution in [2.75, 3.05) is 4.90 Å². The molecule has 2 aromatic carbocycles. The molecule has 0 bridgehead atoms. The molecule has 8 nitrogen and oxygen atoms in total. The molecule has 1 aliphatic heterocycles. The fourth-order valence-electron chi connectivity index (χ4n) is 3.58. The van der Waals surface area contributed by atoms with E-state index in [1.54, 1.807) is 30.3 Å². The first-order valence-corrected chi connectivity index (χ1v) is 9.87. The van der Waals surface area contributed by atoms with Gasteiger partial charge in [0.05, 0.1) is 29.2 Å². The molecule has 1 fully saturated rings. The second-order valence-corrected chi connectivity index (χ2v) is 7.64. The van der Waals surface area contributed by atoms with E-state index in [4.69, 9.17) is 0 Å². The van der Waals surface area contributed by atoms with Gasteiger partial charge in [0.25, 0.3) is 5.91 Å². The number of rotatable bonds is 6. The molecule has 2 heterocycles. The second kappa shape index (κ2) is 7.98. The van der Waals surface area contributed by atoms with Crippen LogP contribution in [0, 0.1) is 5.92 Å². The summed E-state index contributed by atoms with van der Waals surface area (Å²) in [7, 11) is 0. The summed E-state index contributed by atoms with van der Waals surface area (Å²) in [6.45, 7) is 3.97. The lowest BCUT2D eigenvalue weighted by Crippen LogP contribution is -2.39. The molecule has 1 saturated heterocycles. The van der Waals surface area contributed by atoms with Crippen LogP contribution in [0.4, 0.5) is 10.5 Å². The van der Waals surface area contributed by atoms with Gasteiger partial charge in [-0.2, -0.15) is 0 Å². The van der Waals surface area contributed by atoms with Crippen molar-refractivity contribution in [1.29, 1.82) is 0 Å². The third-order valence-corrected chi connectivity index (χ3v) is 5.11. The maximum atomic E-state index is 12.7. The van der Waals surface area contributed by atoms with E-state index in [1.807, 2.05) is 38.1 Å². The Balaban J connectivity index is 1.46. The molecule has 4 rings (SSSR count). The Morgan fingerprint density at radius 2 is 1.80 bits per heavy atom. The topological polar surface area (TPSA) is 107 Å². The number of H-pyrrole nitrogens is 1. The Bertz CT molecular complexity index is 1060. The van der Waals surface area contributed by atoms with Crippen LogP contribution >= 0.6 is 0 Å². The lowest BCUT2D eigenvalue weighted by atomic mass is 10.0. The van der Waals surface area contributed by atoms with Crippen LogP contribution in [0.5, 0.6) is 0 Å². The monoisotopic (exact) mass is 405 g/mol. The molecular weight excluding hydrogens is 382 g/mol. The summed E-state index contributed by atoms with van der Waals surface area (Å²) < 4.78 is 0. The Kier molecular flexibility index (Phi) is 5.22. The third-order valence-electron chi connectivity index (χ3n) is 5.11. The normalized spacial score (nSPS) is 17.4. The zero-order valence-corrected chi connectivity index (χ0v) is 16.8. The number of amides is 4. The minimum absolute atomic E-state index is 0.0733. The van der Waals surface area contributed by atoms with Gasteiger partial charge in [-0.3, -0.25) is 9.59 Å². The molecule has 2 atom stereocenters. The number of para-hydroxylation sites is 3. The van der Waals surface area contributed by atoms with Crippen molar-refractivity contribution in [3.05, 3.63) is 60.4 Å². The summed E-state index contributed by atoms with van der Waals surface area (Å²) in [5.41, 5.74) is 2.19. The molecule has 30 heavy (non-hydrogen) atoms. The number of nitrogens with one attached hydrogen (secondary N) is 3. The molecule has 1 aliphatic rings. The molecule has 1 aromatic heterocycles. The predicted molar refractivity (Wildman–Crippen MR) is 113 cm³/mol. The number of imidazole rings is 1. The molecule has 3 N–H and O–H groups in total. The molecule has 0 unspecified atom stereocenters. The van der Waals surface area contributed by atoms with Gasteiger partial charge in [0.2, 0.25) is 5.91 Å². The highest BCUT2D eigenvalue weighted by molar-refractivity contribution is 6.22. The number of nitrogens with zero attached hydrogens (tertiary/aromatic N) is 2. The first kappa shape index (κ1) is 19.6. The number of aromatic nitrogens is 2. The van der Waals surface area contributed by atoms with Gasteiger partial charge in [0.1, 0.15) is 11.9 Å². The van der Waals surface area contributed by atoms with Gasteiger partial charge in [-0.1, -0.05) is 44.2 Å². The standard InChI is InChI=1S/C22H23N5O3/c1-13(2)19(20-23-15-10-6-7-11-16(15)24-20)26-18(28)12-17-21(29)27(22(30)25-17)14-8-4-3-5-9-14/h3-11,13,17,19H,12H2,1-2H3,(H,23,24)(H,25,30)(H,26,28)/t17-,19-/m0/s1. The Morgan fingerprint density at radius 3 is 2.50 bits per heavy atom. The molecule has 154 valence electrons. The summed E-state index contributed by atoms with van der Waals surface area (Å²) in [4.78, 5) is 46.6. The van der Waals surface area contributed by atoms with Gasteiger partial charge in [-0.25, -0.2) is 14.7 Å². The third kappa shape index (κ3) is 3.76. The molecule has 0 saturated carbocycles. The number of carbonyl (C=O) groups is 3. The second-order valence-electron chi connectivity index (χ2n) is 7.64. The minimum Gasteiger partial charge on any atom is -0.346 e. The van der Waals surface area contributed by atoms with Gasteiger partial charge in [0.15, 0.2) is 0 Å². The van der Waals surface area contributed by atoms with Crippen LogP contribution in [-0.4, -0.2) is 33.9 Å². The molecule has 0 aliphatic carbocycles. The number of benzene rings is 2. The molecule has 0 spiro atoms. The molecule has 0 radical (unpaired) electrons. The average molecular weight is 405 g/mol. The van der Waals surface area contributed by atoms with Gasteiger partial charge >= 0.3 is 6.03 Å². The smallest absolute Gasteiger partial charge is 0.329 e. The summed E-state index contributed by atoms with van der Waals surface area (Å²) >= 11 is 0.